The van der Waals surface area contributed by atoms with Crippen LogP contribution in [0.25, 0.3) is 11.3 Å². The Morgan fingerprint density at radius 1 is 1.30 bits per heavy atom. The maximum absolute atomic E-state index is 11.1. The summed E-state index contributed by atoms with van der Waals surface area (Å²) in [5.74, 6) is -2.19. The van der Waals surface area contributed by atoms with Gasteiger partial charge in [0.25, 0.3) is 0 Å². The minimum absolute atomic E-state index is 0.0138. The predicted octanol–water partition coefficient (Wildman–Crippen LogP) is 1.60. The monoisotopic (exact) mass is 279 g/mol. The SMILES string of the molecule is [2H]C([2H])(C(=O)O)C([2H])([2H])C([2H])([2H])n1nc(-c2ccc(O)cc2)ccc1=N. The molecule has 1 aromatic carbocycles. The quantitative estimate of drug-likeness (QED) is 0.774. The summed E-state index contributed by atoms with van der Waals surface area (Å²) in [4.78, 5) is 11.1. The van der Waals surface area contributed by atoms with Crippen molar-refractivity contribution in [2.24, 2.45) is 0 Å². The number of phenolic OH excluding ortho intramolecular Hbond substituents is 1. The van der Waals surface area contributed by atoms with E-state index in [1.54, 1.807) is 0 Å². The highest BCUT2D eigenvalue weighted by molar-refractivity contribution is 5.66. The molecule has 2 rings (SSSR count). The largest absolute Gasteiger partial charge is 0.508 e. The maximum atomic E-state index is 11.1. The van der Waals surface area contributed by atoms with E-state index in [0.717, 1.165) is 6.07 Å². The predicted molar refractivity (Wildman–Crippen MR) is 72.1 cm³/mol. The second-order valence-electron chi connectivity index (χ2n) is 3.73. The molecule has 20 heavy (non-hydrogen) atoms. The van der Waals surface area contributed by atoms with Gasteiger partial charge in [0, 0.05) is 23.9 Å². The first-order valence-corrected chi connectivity index (χ1v) is 5.50. The van der Waals surface area contributed by atoms with Crippen LogP contribution in [0, 0.1) is 5.41 Å². The van der Waals surface area contributed by atoms with E-state index in [1.807, 2.05) is 0 Å². The number of hydrogen-bond donors (Lipinski definition) is 3. The molecule has 0 aliphatic rings. The van der Waals surface area contributed by atoms with Gasteiger partial charge in [-0.3, -0.25) is 10.2 Å². The molecule has 6 nitrogen and oxygen atoms in total. The first-order valence-electron chi connectivity index (χ1n) is 8.50. The molecule has 0 bridgehead atoms. The highest BCUT2D eigenvalue weighted by Gasteiger charge is 2.03. The second-order valence-corrected chi connectivity index (χ2v) is 3.73. The van der Waals surface area contributed by atoms with E-state index in [0.29, 0.717) is 10.2 Å². The molecular weight excluding hydrogens is 258 g/mol. The number of aryl methyl sites for hydroxylation is 1. The molecule has 0 saturated heterocycles. The Morgan fingerprint density at radius 2 is 2.00 bits per heavy atom. The van der Waals surface area contributed by atoms with Crippen molar-refractivity contribution in [2.75, 3.05) is 0 Å². The van der Waals surface area contributed by atoms with E-state index in [9.17, 15) is 9.90 Å². The summed E-state index contributed by atoms with van der Waals surface area (Å²) in [7, 11) is 0. The summed E-state index contributed by atoms with van der Waals surface area (Å²) in [5, 5.41) is 29.9. The van der Waals surface area contributed by atoms with E-state index in [-0.39, 0.29) is 11.4 Å². The lowest BCUT2D eigenvalue weighted by Gasteiger charge is -2.08. The number of carboxylic acid groups (broad SMARTS) is 1. The fourth-order valence-electron chi connectivity index (χ4n) is 1.43. The first-order chi connectivity index (χ1) is 11.8. The lowest BCUT2D eigenvalue weighted by Crippen LogP contribution is -2.22. The van der Waals surface area contributed by atoms with Gasteiger partial charge in [-0.15, -0.1) is 0 Å². The van der Waals surface area contributed by atoms with Gasteiger partial charge in [0.1, 0.15) is 11.2 Å². The number of hydrogen-bond acceptors (Lipinski definition) is 4. The van der Waals surface area contributed by atoms with Gasteiger partial charge < -0.3 is 10.2 Å². The van der Waals surface area contributed by atoms with Gasteiger partial charge in [-0.05, 0) is 42.8 Å². The molecule has 1 heterocycles. The highest BCUT2D eigenvalue weighted by Crippen LogP contribution is 2.18. The Morgan fingerprint density at radius 3 is 2.65 bits per heavy atom. The van der Waals surface area contributed by atoms with Crippen LogP contribution >= 0.6 is 0 Å². The minimum Gasteiger partial charge on any atom is -0.508 e. The number of carbonyl (C=O) groups is 1. The first kappa shape index (κ1) is 7.84. The van der Waals surface area contributed by atoms with Crippen LogP contribution in [0.2, 0.25) is 0 Å². The molecule has 0 fully saturated rings. The van der Waals surface area contributed by atoms with Gasteiger partial charge in [0.2, 0.25) is 0 Å². The average molecular weight is 279 g/mol. The van der Waals surface area contributed by atoms with Crippen molar-refractivity contribution in [3.05, 3.63) is 41.9 Å². The molecule has 0 atom stereocenters. The van der Waals surface area contributed by atoms with E-state index >= 15 is 0 Å². The van der Waals surface area contributed by atoms with Crippen molar-refractivity contribution in [3.8, 4) is 17.0 Å². The second kappa shape index (κ2) is 6.01. The Labute approximate surface area is 123 Å². The molecule has 1 aromatic heterocycles. The lowest BCUT2D eigenvalue weighted by atomic mass is 10.1. The molecule has 0 radical (unpaired) electrons. The Bertz CT molecular complexity index is 896. The van der Waals surface area contributed by atoms with Crippen LogP contribution in [0.5, 0.6) is 5.75 Å². The number of carboxylic acids is 1. The Kier molecular flexibility index (Phi) is 2.35. The number of nitrogens with one attached hydrogen (secondary N) is 1. The summed E-state index contributed by atoms with van der Waals surface area (Å²) in [6.07, 6.45) is -7.13. The van der Waals surface area contributed by atoms with Gasteiger partial charge in [-0.2, -0.15) is 5.10 Å². The van der Waals surface area contributed by atoms with Crippen LogP contribution in [0.1, 0.15) is 21.0 Å². The third-order valence-corrected chi connectivity index (χ3v) is 2.33. The standard InChI is InChI=1S/C14H15N3O3/c15-13-8-7-12(10-3-5-11(18)6-4-10)16-17(13)9-1-2-14(19)20/h3-8,15,18H,1-2,9H2,(H,19,20)/i1D2,2D2,9D2. The molecule has 104 valence electrons. The van der Waals surface area contributed by atoms with E-state index in [2.05, 4.69) is 5.10 Å². The molecule has 6 heteroatoms. The number of aliphatic carboxylic acids is 1. The van der Waals surface area contributed by atoms with Crippen molar-refractivity contribution >= 4 is 5.97 Å². The zero-order chi connectivity index (χ0) is 19.9. The normalized spacial score (nSPS) is 17.0. The van der Waals surface area contributed by atoms with Crippen molar-refractivity contribution in [1.29, 1.82) is 5.41 Å². The molecule has 0 saturated carbocycles. The van der Waals surface area contributed by atoms with Crippen molar-refractivity contribution in [2.45, 2.75) is 19.2 Å². The number of nitrogens with zero attached hydrogens (tertiary/aromatic N) is 2. The maximum Gasteiger partial charge on any atom is 0.303 e. The van der Waals surface area contributed by atoms with Crippen LogP contribution in [-0.4, -0.2) is 26.0 Å². The summed E-state index contributed by atoms with van der Waals surface area (Å²) >= 11 is 0. The summed E-state index contributed by atoms with van der Waals surface area (Å²) in [6.45, 7) is -3.29. The van der Waals surface area contributed by atoms with Crippen LogP contribution in [0.4, 0.5) is 0 Å². The fourth-order valence-corrected chi connectivity index (χ4v) is 1.43. The molecule has 0 aliphatic heterocycles. The van der Waals surface area contributed by atoms with E-state index < -0.39 is 30.7 Å². The van der Waals surface area contributed by atoms with E-state index in [4.69, 9.17) is 18.7 Å². The van der Waals surface area contributed by atoms with Crippen LogP contribution in [0.15, 0.2) is 36.4 Å². The number of aromatic hydroxyl groups is 1. The summed E-state index contributed by atoms with van der Waals surface area (Å²) in [5.41, 5.74) is -0.0340. The average Bonchev–Trinajstić information content (AvgIpc) is 2.55. The molecule has 0 aliphatic carbocycles. The van der Waals surface area contributed by atoms with Crippen molar-refractivity contribution in [1.82, 2.24) is 9.78 Å². The van der Waals surface area contributed by atoms with Gasteiger partial charge >= 0.3 is 5.97 Å². The Hall–Kier alpha value is -2.63. The van der Waals surface area contributed by atoms with E-state index in [1.165, 1.54) is 30.3 Å². The van der Waals surface area contributed by atoms with Gasteiger partial charge in [-0.1, -0.05) is 0 Å². The van der Waals surface area contributed by atoms with Gasteiger partial charge in [0.05, 0.1) is 8.44 Å². The zero-order valence-electron chi connectivity index (χ0n) is 16.2. The number of phenols is 1. The smallest absolute Gasteiger partial charge is 0.303 e. The van der Waals surface area contributed by atoms with Crippen molar-refractivity contribution < 1.29 is 23.2 Å². The lowest BCUT2D eigenvalue weighted by molar-refractivity contribution is -0.137. The van der Waals surface area contributed by atoms with Gasteiger partial charge in [0.15, 0.2) is 0 Å². The molecule has 0 spiro atoms. The van der Waals surface area contributed by atoms with Crippen molar-refractivity contribution in [3.63, 3.8) is 0 Å². The molecule has 0 amide bonds. The van der Waals surface area contributed by atoms with Crippen LogP contribution < -0.4 is 5.49 Å². The Balaban J connectivity index is 2.63. The van der Waals surface area contributed by atoms with Crippen LogP contribution in [0.3, 0.4) is 0 Å². The molecule has 0 unspecified atom stereocenters. The van der Waals surface area contributed by atoms with Gasteiger partial charge in [-0.25, -0.2) is 4.68 Å². The number of aromatic nitrogens is 2. The van der Waals surface area contributed by atoms with Crippen LogP contribution in [-0.2, 0) is 11.3 Å². The minimum atomic E-state index is -3.58. The number of benzene rings is 1. The number of rotatable bonds is 5. The zero-order valence-corrected chi connectivity index (χ0v) is 10.2. The summed E-state index contributed by atoms with van der Waals surface area (Å²) < 4.78 is 46.6. The third kappa shape index (κ3) is 3.44. The summed E-state index contributed by atoms with van der Waals surface area (Å²) in [6, 6.07) is 8.13. The third-order valence-electron chi connectivity index (χ3n) is 2.33. The molecule has 3 N–H and O–H groups in total. The highest BCUT2D eigenvalue weighted by atomic mass is 16.4. The molecular formula is C14H15N3O3. The molecule has 2 aromatic rings. The fraction of sp³-hybridized carbons (Fsp3) is 0.214. The topological polar surface area (TPSA) is 99.2 Å².